The summed E-state index contributed by atoms with van der Waals surface area (Å²) < 4.78 is 44.8. The Balaban J connectivity index is 1.16. The molecule has 0 bridgehead atoms. The fraction of sp³-hybridized carbons (Fsp3) is 0.367. The molecule has 2 aromatic heterocycles. The van der Waals surface area contributed by atoms with E-state index in [4.69, 9.17) is 16.3 Å². The summed E-state index contributed by atoms with van der Waals surface area (Å²) >= 11 is 5.86. The van der Waals surface area contributed by atoms with Crippen molar-refractivity contribution in [1.29, 1.82) is 0 Å². The Labute approximate surface area is 254 Å². The fourth-order valence-corrected chi connectivity index (χ4v) is 6.02. The number of halogens is 4. The number of hydrogen-bond acceptors (Lipinski definition) is 7. The summed E-state index contributed by atoms with van der Waals surface area (Å²) in [5.41, 5.74) is 1.81. The van der Waals surface area contributed by atoms with Crippen molar-refractivity contribution in [3.63, 3.8) is 0 Å². The number of imidazole rings is 1. The van der Waals surface area contributed by atoms with Crippen LogP contribution in [-0.2, 0) is 12.7 Å². The number of pyridine rings is 1. The van der Waals surface area contributed by atoms with Crippen LogP contribution < -0.4 is 15.6 Å². The molecule has 0 aliphatic carbocycles. The Hall–Kier alpha value is -4.07. The topological polar surface area (TPSA) is 127 Å². The lowest BCUT2D eigenvalue weighted by molar-refractivity contribution is -0.137. The quantitative estimate of drug-likeness (QED) is 0.226. The number of H-pyrrole nitrogens is 2. The highest BCUT2D eigenvalue weighted by atomic mass is 35.5. The number of fused-ring (bicyclic) bond motifs is 2. The van der Waals surface area contributed by atoms with Crippen molar-refractivity contribution >= 4 is 34.2 Å². The van der Waals surface area contributed by atoms with Gasteiger partial charge in [-0.15, -0.1) is 0 Å². The molecule has 14 heteroatoms. The number of benzene rings is 2. The zero-order chi connectivity index (χ0) is 31.2. The molecule has 1 atom stereocenters. The molecule has 1 fully saturated rings. The van der Waals surface area contributed by atoms with E-state index in [1.165, 1.54) is 18.3 Å². The predicted molar refractivity (Wildman–Crippen MR) is 159 cm³/mol. The van der Waals surface area contributed by atoms with E-state index in [1.807, 2.05) is 11.0 Å². The minimum Gasteiger partial charge on any atom is -0.489 e. The number of anilines is 1. The van der Waals surface area contributed by atoms with Crippen molar-refractivity contribution in [2.24, 2.45) is 0 Å². The molecule has 0 saturated carbocycles. The normalized spacial score (nSPS) is 16.9. The molecule has 232 valence electrons. The van der Waals surface area contributed by atoms with E-state index in [9.17, 15) is 27.9 Å². The van der Waals surface area contributed by atoms with E-state index in [0.717, 1.165) is 37.6 Å². The number of carbonyl (C=O) groups is 1. The summed E-state index contributed by atoms with van der Waals surface area (Å²) in [6, 6.07) is 8.75. The monoisotopic (exact) mass is 630 g/mol. The number of likely N-dealkylation sites (tertiary alicyclic amines) is 1. The van der Waals surface area contributed by atoms with E-state index >= 15 is 0 Å². The fourth-order valence-electron chi connectivity index (χ4n) is 5.74. The van der Waals surface area contributed by atoms with Crippen LogP contribution in [0.4, 0.5) is 18.9 Å². The molecule has 1 amide bonds. The minimum atomic E-state index is -4.65. The average Bonchev–Trinajstić information content (AvgIpc) is 3.53. The first-order chi connectivity index (χ1) is 21.0. The van der Waals surface area contributed by atoms with Crippen LogP contribution in [0.1, 0.15) is 34.3 Å². The van der Waals surface area contributed by atoms with Gasteiger partial charge in [0.05, 0.1) is 27.3 Å². The molecule has 6 rings (SSSR count). The third-order valence-electron chi connectivity index (χ3n) is 8.09. The number of hydrogen-bond donors (Lipinski definition) is 4. The lowest BCUT2D eigenvalue weighted by Gasteiger charge is -2.34. The van der Waals surface area contributed by atoms with Crippen LogP contribution in [0.5, 0.6) is 5.75 Å². The van der Waals surface area contributed by atoms with E-state index < -0.39 is 28.4 Å². The summed E-state index contributed by atoms with van der Waals surface area (Å²) in [7, 11) is 2.08. The molecule has 4 N–H and O–H groups in total. The average molecular weight is 631 g/mol. The van der Waals surface area contributed by atoms with Gasteiger partial charge in [0.25, 0.3) is 11.5 Å². The van der Waals surface area contributed by atoms with Crippen LogP contribution in [0.15, 0.2) is 47.4 Å². The predicted octanol–water partition coefficient (Wildman–Crippen LogP) is 4.49. The van der Waals surface area contributed by atoms with Crippen LogP contribution in [0.2, 0.25) is 5.02 Å². The van der Waals surface area contributed by atoms with Crippen LogP contribution in [0.25, 0.3) is 22.4 Å². The lowest BCUT2D eigenvalue weighted by atomic mass is 10.0. The second-order valence-corrected chi connectivity index (χ2v) is 11.5. The van der Waals surface area contributed by atoms with Gasteiger partial charge in [-0.1, -0.05) is 17.7 Å². The van der Waals surface area contributed by atoms with Gasteiger partial charge in [0.15, 0.2) is 0 Å². The number of carbonyl (C=O) groups excluding carboxylic acids is 1. The highest BCUT2D eigenvalue weighted by Gasteiger charge is 2.35. The Kier molecular flexibility index (Phi) is 8.03. The minimum absolute atomic E-state index is 0.0106. The zero-order valence-corrected chi connectivity index (χ0v) is 24.4. The van der Waals surface area contributed by atoms with Crippen LogP contribution >= 0.6 is 11.6 Å². The molecule has 2 aliphatic heterocycles. The maximum Gasteiger partial charge on any atom is 0.417 e. The standard InChI is InChI=1S/C30H30ClF3N6O4/c1-39-9-6-17(7-10-39)40-14-16-11-22-23(12-19(16)29(40)43)38-27(37-22)25-21(5-8-35-28(25)42)36-13-18(41)15-44-24-4-2-3-20(26(24)31)30(32,33)34/h2-5,8,11-12,17-18,41H,6-7,9-10,13-15H2,1H3,(H,37,38)(H2,35,36,42). The first kappa shape index (κ1) is 30.0. The van der Waals surface area contributed by atoms with Crippen molar-refractivity contribution in [2.45, 2.75) is 37.7 Å². The third-order valence-corrected chi connectivity index (χ3v) is 8.48. The molecular formula is C30H30ClF3N6O4. The Morgan fingerprint density at radius 3 is 2.73 bits per heavy atom. The van der Waals surface area contributed by atoms with Crippen molar-refractivity contribution in [3.05, 3.63) is 74.7 Å². The summed E-state index contributed by atoms with van der Waals surface area (Å²) in [4.78, 5) is 40.8. The van der Waals surface area contributed by atoms with E-state index in [-0.39, 0.29) is 42.2 Å². The molecular weight excluding hydrogens is 601 g/mol. The van der Waals surface area contributed by atoms with E-state index in [2.05, 4.69) is 32.2 Å². The maximum absolute atomic E-state index is 13.3. The third kappa shape index (κ3) is 5.86. The van der Waals surface area contributed by atoms with Crippen molar-refractivity contribution in [3.8, 4) is 17.1 Å². The SMILES string of the molecule is CN1CCC(N2Cc3cc4[nH]c(-c5c(NCC(O)COc6cccc(C(F)(F)F)c6Cl)cc[nH]c5=O)nc4cc3C2=O)CC1. The first-order valence-corrected chi connectivity index (χ1v) is 14.5. The highest BCUT2D eigenvalue weighted by Crippen LogP contribution is 2.39. The van der Waals surface area contributed by atoms with Gasteiger partial charge >= 0.3 is 6.18 Å². The highest BCUT2D eigenvalue weighted by molar-refractivity contribution is 6.32. The van der Waals surface area contributed by atoms with E-state index in [0.29, 0.717) is 28.8 Å². The van der Waals surface area contributed by atoms with E-state index in [1.54, 1.807) is 12.1 Å². The first-order valence-electron chi connectivity index (χ1n) is 14.1. The van der Waals surface area contributed by atoms with Crippen molar-refractivity contribution in [1.82, 2.24) is 24.8 Å². The molecule has 44 heavy (non-hydrogen) atoms. The van der Waals surface area contributed by atoms with Crippen molar-refractivity contribution in [2.75, 3.05) is 38.6 Å². The number of amides is 1. The Morgan fingerprint density at radius 1 is 1.20 bits per heavy atom. The van der Waals surface area contributed by atoms with Gasteiger partial charge < -0.3 is 34.9 Å². The number of aromatic amines is 2. The maximum atomic E-state index is 13.3. The zero-order valence-electron chi connectivity index (χ0n) is 23.7. The smallest absolute Gasteiger partial charge is 0.417 e. The molecule has 1 saturated heterocycles. The number of aliphatic hydroxyl groups excluding tert-OH is 1. The summed E-state index contributed by atoms with van der Waals surface area (Å²) in [6.07, 6.45) is -2.50. The number of rotatable bonds is 8. The Morgan fingerprint density at radius 2 is 1.98 bits per heavy atom. The number of nitrogens with one attached hydrogen (secondary N) is 3. The number of nitrogens with zero attached hydrogens (tertiary/aromatic N) is 3. The number of ether oxygens (including phenoxy) is 1. The number of alkyl halides is 3. The van der Waals surface area contributed by atoms with Gasteiger partial charge in [-0.3, -0.25) is 9.59 Å². The molecule has 0 spiro atoms. The number of aliphatic hydroxyl groups is 1. The van der Waals surface area contributed by atoms with Crippen LogP contribution in [-0.4, -0.2) is 81.2 Å². The molecule has 1 unspecified atom stereocenters. The summed E-state index contributed by atoms with van der Waals surface area (Å²) in [6.45, 7) is 1.98. The summed E-state index contributed by atoms with van der Waals surface area (Å²) in [5, 5.41) is 12.9. The summed E-state index contributed by atoms with van der Waals surface area (Å²) in [5.74, 6) is 0.0529. The second kappa shape index (κ2) is 11.8. The van der Waals surface area contributed by atoms with Crippen LogP contribution in [0, 0.1) is 0 Å². The van der Waals surface area contributed by atoms with Gasteiger partial charge in [-0.05, 0) is 68.9 Å². The van der Waals surface area contributed by atoms with Crippen LogP contribution in [0.3, 0.4) is 0 Å². The van der Waals surface area contributed by atoms with Gasteiger partial charge in [0.1, 0.15) is 29.8 Å². The Bertz CT molecular complexity index is 1770. The molecule has 0 radical (unpaired) electrons. The van der Waals surface area contributed by atoms with Crippen molar-refractivity contribution < 1.29 is 27.8 Å². The molecule has 2 aliphatic rings. The molecule has 10 nitrogen and oxygen atoms in total. The van der Waals surface area contributed by atoms with Gasteiger partial charge in [0, 0.05) is 30.9 Å². The number of piperidine rings is 1. The second-order valence-electron chi connectivity index (χ2n) is 11.1. The lowest BCUT2D eigenvalue weighted by Crippen LogP contribution is -2.43. The van der Waals surface area contributed by atoms with Gasteiger partial charge in [-0.25, -0.2) is 4.98 Å². The van der Waals surface area contributed by atoms with Gasteiger partial charge in [0.2, 0.25) is 0 Å². The molecule has 4 heterocycles. The molecule has 4 aromatic rings. The number of aromatic nitrogens is 3. The molecule has 2 aromatic carbocycles. The van der Waals surface area contributed by atoms with Gasteiger partial charge in [-0.2, -0.15) is 13.2 Å². The largest absolute Gasteiger partial charge is 0.489 e.